The second-order valence-electron chi connectivity index (χ2n) is 18.1. The number of pyridine rings is 3. The Morgan fingerprint density at radius 3 is 2.39 bits per heavy atom. The van der Waals surface area contributed by atoms with Crippen molar-refractivity contribution in [1.82, 2.24) is 50.3 Å². The summed E-state index contributed by atoms with van der Waals surface area (Å²) in [5, 5.41) is 17.1. The number of aliphatic imine (C=N–C) groups is 1. The fraction of sp³-hybridized carbons (Fsp3) is 0.353. The van der Waals surface area contributed by atoms with E-state index in [2.05, 4.69) is 71.4 Å². The van der Waals surface area contributed by atoms with Crippen molar-refractivity contribution in [2.24, 2.45) is 4.99 Å². The second-order valence-corrected chi connectivity index (χ2v) is 18.1. The summed E-state index contributed by atoms with van der Waals surface area (Å²) < 4.78 is 1.48. The van der Waals surface area contributed by atoms with Crippen LogP contribution in [0.1, 0.15) is 80.6 Å². The van der Waals surface area contributed by atoms with Crippen molar-refractivity contribution in [2.45, 2.75) is 94.4 Å². The Morgan fingerprint density at radius 1 is 0.866 bits per heavy atom. The lowest BCUT2D eigenvalue weighted by atomic mass is 9.71. The Bertz CT molecular complexity index is 2960. The van der Waals surface area contributed by atoms with Crippen LogP contribution >= 0.6 is 0 Å². The fourth-order valence-electron chi connectivity index (χ4n) is 10.2. The summed E-state index contributed by atoms with van der Waals surface area (Å²) in [6, 6.07) is 23.2. The van der Waals surface area contributed by atoms with Crippen LogP contribution in [-0.2, 0) is 19.9 Å². The van der Waals surface area contributed by atoms with Crippen LogP contribution < -0.4 is 21.6 Å². The van der Waals surface area contributed by atoms with Crippen LogP contribution in [-0.4, -0.2) is 108 Å². The maximum atomic E-state index is 14.5. The molecule has 0 spiro atoms. The minimum absolute atomic E-state index is 0.0221. The highest BCUT2D eigenvalue weighted by molar-refractivity contribution is 5.99. The van der Waals surface area contributed by atoms with Crippen molar-refractivity contribution in [3.05, 3.63) is 131 Å². The van der Waals surface area contributed by atoms with Crippen molar-refractivity contribution in [2.75, 3.05) is 19.6 Å². The number of amides is 4. The molecule has 7 heterocycles. The molecule has 3 fully saturated rings. The summed E-state index contributed by atoms with van der Waals surface area (Å²) in [6.45, 7) is 3.21. The molecule has 4 atom stereocenters. The molecule has 0 bridgehead atoms. The standard InChI is InChI=1S/C51H53N11O5/c1-32(54-46(63)35-18-24-52-25-19-35)49(66)61-27-7-13-43(61)47(64)55-38(29-37-11-5-23-53-37)31-60-26-6-12-42(60)48(65)57-51(21-8-22-51)36-16-14-34(15-17-36)44-39(33-9-3-2-4-10-33)30-40-41(56-44)20-28-62-45(40)58-59-50(62)67/h2-4,9-11,14-20,23-25,28,30,32,38,42-43H,5-8,12-13,21-22,26-27,29,31H2,1H3,(H,54,63)(H,55,64)(H,57,65)(H,59,67)/t32-,38+,42+,43+/m1/s1. The van der Waals surface area contributed by atoms with Gasteiger partial charge in [0.15, 0.2) is 5.65 Å². The van der Waals surface area contributed by atoms with Crippen molar-refractivity contribution in [3.63, 3.8) is 0 Å². The number of hydrogen-bond acceptors (Lipinski definition) is 10. The number of benzene rings is 2. The average molecular weight is 900 g/mol. The molecule has 1 aliphatic carbocycles. The molecule has 16 nitrogen and oxygen atoms in total. The number of nitrogens with zero attached hydrogens (tertiary/aromatic N) is 7. The second kappa shape index (κ2) is 18.5. The molecular formula is C51H53N11O5. The molecule has 4 aromatic heterocycles. The Hall–Kier alpha value is -7.33. The van der Waals surface area contributed by atoms with Gasteiger partial charge < -0.3 is 20.9 Å². The van der Waals surface area contributed by atoms with Gasteiger partial charge in [-0.2, -0.15) is 5.10 Å². The molecule has 2 aromatic carbocycles. The highest BCUT2D eigenvalue weighted by Crippen LogP contribution is 2.43. The number of hydrogen-bond donors (Lipinski definition) is 4. The number of H-pyrrole nitrogens is 1. The summed E-state index contributed by atoms with van der Waals surface area (Å²) in [6.07, 6.45) is 15.2. The number of rotatable bonds is 14. The van der Waals surface area contributed by atoms with Gasteiger partial charge >= 0.3 is 5.69 Å². The third-order valence-electron chi connectivity index (χ3n) is 13.9. The minimum atomic E-state index is -0.831. The molecule has 10 rings (SSSR count). The van der Waals surface area contributed by atoms with Crippen molar-refractivity contribution < 1.29 is 19.2 Å². The summed E-state index contributed by atoms with van der Waals surface area (Å²) in [5.74, 6) is -0.963. The van der Waals surface area contributed by atoms with Gasteiger partial charge in [0, 0.05) is 84.6 Å². The molecule has 6 aromatic rings. The first-order valence-corrected chi connectivity index (χ1v) is 23.3. The van der Waals surface area contributed by atoms with E-state index in [1.165, 1.54) is 16.8 Å². The Kier molecular flexibility index (Phi) is 12.0. The van der Waals surface area contributed by atoms with Gasteiger partial charge in [0.05, 0.1) is 22.8 Å². The highest BCUT2D eigenvalue weighted by atomic mass is 16.2. The SMILES string of the molecule is C[C@@H](NC(=O)c1ccncc1)C(=O)N1CCC[C@H]1C(=O)N[C@@H](CC1=CCC=N1)CN1CCC[C@H]1C(=O)NC1(c2ccc(-c3nc4ccn5c(=O)[nH]nc5c4cc3-c3ccccc3)cc2)CCC1. The van der Waals surface area contributed by atoms with E-state index in [-0.39, 0.29) is 41.4 Å². The molecule has 4 N–H and O–H groups in total. The summed E-state index contributed by atoms with van der Waals surface area (Å²) in [4.78, 5) is 84.9. The third kappa shape index (κ3) is 8.76. The minimum Gasteiger partial charge on any atom is -0.350 e. The van der Waals surface area contributed by atoms with Gasteiger partial charge in [0.25, 0.3) is 5.91 Å². The summed E-state index contributed by atoms with van der Waals surface area (Å²) in [5.41, 5.74) is 6.36. The van der Waals surface area contributed by atoms with Crippen molar-refractivity contribution in [1.29, 1.82) is 0 Å². The van der Waals surface area contributed by atoms with E-state index >= 15 is 0 Å². The number of allylic oxidation sites excluding steroid dienone is 1. The van der Waals surface area contributed by atoms with Crippen LogP contribution in [0, 0.1) is 0 Å². The van der Waals surface area contributed by atoms with E-state index in [9.17, 15) is 24.0 Å². The Morgan fingerprint density at radius 2 is 1.64 bits per heavy atom. The number of likely N-dealkylation sites (tertiary alicyclic amines) is 2. The average Bonchev–Trinajstić information content (AvgIpc) is 4.19. The molecule has 3 aliphatic heterocycles. The van der Waals surface area contributed by atoms with Gasteiger partial charge in [-0.3, -0.25) is 34.1 Å². The lowest BCUT2D eigenvalue weighted by molar-refractivity contribution is -0.140. The van der Waals surface area contributed by atoms with Gasteiger partial charge in [-0.15, -0.1) is 0 Å². The highest BCUT2D eigenvalue weighted by Gasteiger charge is 2.44. The smallest absolute Gasteiger partial charge is 0.347 e. The maximum absolute atomic E-state index is 14.5. The van der Waals surface area contributed by atoms with E-state index < -0.39 is 17.6 Å². The molecule has 342 valence electrons. The van der Waals surface area contributed by atoms with Crippen LogP contribution in [0.15, 0.2) is 119 Å². The molecule has 4 amide bonds. The van der Waals surface area contributed by atoms with Gasteiger partial charge in [0.2, 0.25) is 17.7 Å². The Balaban J connectivity index is 0.837. The zero-order chi connectivity index (χ0) is 46.1. The first kappa shape index (κ1) is 43.6. The molecule has 2 saturated heterocycles. The monoisotopic (exact) mass is 899 g/mol. The number of aromatic nitrogens is 5. The van der Waals surface area contributed by atoms with E-state index in [0.717, 1.165) is 71.1 Å². The number of carbonyl (C=O) groups is 4. The van der Waals surface area contributed by atoms with E-state index in [1.54, 1.807) is 30.2 Å². The molecular weight excluding hydrogens is 847 g/mol. The topological polar surface area (TPSA) is 199 Å². The number of fused-ring (bicyclic) bond motifs is 3. The molecule has 0 radical (unpaired) electrons. The van der Waals surface area contributed by atoms with Crippen molar-refractivity contribution >= 4 is 46.4 Å². The molecule has 16 heteroatoms. The van der Waals surface area contributed by atoms with Crippen LogP contribution in [0.5, 0.6) is 0 Å². The van der Waals surface area contributed by atoms with Gasteiger partial charge in [0.1, 0.15) is 12.1 Å². The van der Waals surface area contributed by atoms with Gasteiger partial charge in [-0.25, -0.2) is 19.3 Å². The summed E-state index contributed by atoms with van der Waals surface area (Å²) in [7, 11) is 0. The zero-order valence-corrected chi connectivity index (χ0v) is 37.4. The van der Waals surface area contributed by atoms with Gasteiger partial charge in [-0.05, 0) is 93.8 Å². The first-order valence-electron chi connectivity index (χ1n) is 23.3. The third-order valence-corrected chi connectivity index (χ3v) is 13.9. The number of nitrogens with one attached hydrogen (secondary N) is 4. The number of carbonyl (C=O) groups excluding carboxylic acids is 4. The molecule has 67 heavy (non-hydrogen) atoms. The molecule has 0 unspecified atom stereocenters. The number of aromatic amines is 1. The fourth-order valence-corrected chi connectivity index (χ4v) is 10.2. The summed E-state index contributed by atoms with van der Waals surface area (Å²) >= 11 is 0. The maximum Gasteiger partial charge on any atom is 0.347 e. The van der Waals surface area contributed by atoms with E-state index in [4.69, 9.17) is 4.98 Å². The largest absolute Gasteiger partial charge is 0.350 e. The van der Waals surface area contributed by atoms with E-state index in [0.29, 0.717) is 62.0 Å². The molecule has 4 aliphatic rings. The van der Waals surface area contributed by atoms with E-state index in [1.807, 2.05) is 48.7 Å². The van der Waals surface area contributed by atoms with Crippen LogP contribution in [0.3, 0.4) is 0 Å². The van der Waals surface area contributed by atoms with Gasteiger partial charge in [-0.1, -0.05) is 60.7 Å². The van der Waals surface area contributed by atoms with Crippen LogP contribution in [0.4, 0.5) is 0 Å². The molecule has 1 saturated carbocycles. The Labute approximate surface area is 387 Å². The predicted octanol–water partition coefficient (Wildman–Crippen LogP) is 5.30. The van der Waals surface area contributed by atoms with Crippen molar-refractivity contribution in [3.8, 4) is 22.4 Å². The quantitative estimate of drug-likeness (QED) is 0.112. The predicted molar refractivity (Wildman–Crippen MR) is 254 cm³/mol. The normalized spacial score (nSPS) is 19.8. The zero-order valence-electron chi connectivity index (χ0n) is 37.4. The van der Waals surface area contributed by atoms with Crippen LogP contribution in [0.2, 0.25) is 0 Å². The first-order chi connectivity index (χ1) is 32.6. The lowest BCUT2D eigenvalue weighted by Crippen LogP contribution is -2.57. The van der Waals surface area contributed by atoms with Crippen LogP contribution in [0.25, 0.3) is 38.9 Å². The lowest BCUT2D eigenvalue weighted by Gasteiger charge is -2.44.